The summed E-state index contributed by atoms with van der Waals surface area (Å²) in [6.45, 7) is 3.20. The van der Waals surface area contributed by atoms with Gasteiger partial charge in [0.1, 0.15) is 5.01 Å². The lowest BCUT2D eigenvalue weighted by molar-refractivity contribution is -0.120. The van der Waals surface area contributed by atoms with Gasteiger partial charge in [-0.3, -0.25) is 4.79 Å². The minimum absolute atomic E-state index is 0.0414. The number of aromatic nitrogens is 1. The Kier molecular flexibility index (Phi) is 8.44. The molecule has 0 fully saturated rings. The van der Waals surface area contributed by atoms with E-state index in [1.807, 2.05) is 48.7 Å². The number of thiazole rings is 1. The van der Waals surface area contributed by atoms with Crippen molar-refractivity contribution in [1.29, 1.82) is 0 Å². The molecule has 0 saturated carbocycles. The molecule has 3 rings (SSSR count). The van der Waals surface area contributed by atoms with E-state index in [-0.39, 0.29) is 18.4 Å². The van der Waals surface area contributed by atoms with E-state index in [1.54, 1.807) is 14.2 Å². The zero-order valence-electron chi connectivity index (χ0n) is 18.1. The summed E-state index contributed by atoms with van der Waals surface area (Å²) in [6.07, 6.45) is 1.06. The molecule has 2 aromatic carbocycles. The second-order valence-corrected chi connectivity index (χ2v) is 7.88. The van der Waals surface area contributed by atoms with E-state index in [2.05, 4.69) is 22.4 Å². The minimum atomic E-state index is -0.0414. The van der Waals surface area contributed by atoms with Gasteiger partial charge in [0.25, 0.3) is 0 Å². The molecule has 31 heavy (non-hydrogen) atoms. The highest BCUT2D eigenvalue weighted by Gasteiger charge is 2.12. The number of hydrogen-bond donors (Lipinski definition) is 1. The molecule has 0 aliphatic rings. The summed E-state index contributed by atoms with van der Waals surface area (Å²) in [6, 6.07) is 15.8. The zero-order valence-corrected chi connectivity index (χ0v) is 18.9. The molecular formula is C24H28N2O4S. The predicted molar refractivity (Wildman–Crippen MR) is 123 cm³/mol. The van der Waals surface area contributed by atoms with Crippen LogP contribution in [0.25, 0.3) is 10.6 Å². The van der Waals surface area contributed by atoms with Gasteiger partial charge in [-0.1, -0.05) is 30.3 Å². The number of carbonyl (C=O) groups is 1. The Hall–Kier alpha value is -2.90. The molecule has 1 unspecified atom stereocenters. The first-order valence-electron chi connectivity index (χ1n) is 10.2. The van der Waals surface area contributed by atoms with E-state index in [1.165, 1.54) is 11.3 Å². The topological polar surface area (TPSA) is 69.7 Å². The van der Waals surface area contributed by atoms with Crippen molar-refractivity contribution in [3.63, 3.8) is 0 Å². The van der Waals surface area contributed by atoms with Gasteiger partial charge in [0.05, 0.1) is 32.4 Å². The maximum atomic E-state index is 12.2. The van der Waals surface area contributed by atoms with Crippen LogP contribution in [-0.2, 0) is 16.0 Å². The van der Waals surface area contributed by atoms with Crippen LogP contribution in [0.3, 0.4) is 0 Å². The molecular weight excluding hydrogens is 412 g/mol. The van der Waals surface area contributed by atoms with Crippen molar-refractivity contribution in [2.75, 3.05) is 27.4 Å². The number of nitrogens with zero attached hydrogens (tertiary/aromatic N) is 1. The van der Waals surface area contributed by atoms with Gasteiger partial charge in [0.15, 0.2) is 11.5 Å². The van der Waals surface area contributed by atoms with Crippen LogP contribution in [0.1, 0.15) is 30.7 Å². The van der Waals surface area contributed by atoms with Crippen molar-refractivity contribution in [2.45, 2.75) is 25.9 Å². The SMILES string of the molecule is COc1ccc(-c2nc(CC(=O)NCCCOC(C)c3ccccc3)cs2)cc1OC. The van der Waals surface area contributed by atoms with Crippen molar-refractivity contribution in [3.8, 4) is 22.1 Å². The van der Waals surface area contributed by atoms with E-state index < -0.39 is 0 Å². The molecule has 0 radical (unpaired) electrons. The van der Waals surface area contributed by atoms with Crippen LogP contribution in [-0.4, -0.2) is 38.3 Å². The van der Waals surface area contributed by atoms with Crippen LogP contribution < -0.4 is 14.8 Å². The Bertz CT molecular complexity index is 975. The normalized spacial score (nSPS) is 11.7. The summed E-state index contributed by atoms with van der Waals surface area (Å²) in [5.74, 6) is 1.28. The van der Waals surface area contributed by atoms with Crippen LogP contribution >= 0.6 is 11.3 Å². The van der Waals surface area contributed by atoms with Crippen molar-refractivity contribution in [2.24, 2.45) is 0 Å². The second-order valence-electron chi connectivity index (χ2n) is 7.02. The standard InChI is InChI=1S/C24H28N2O4S/c1-17(18-8-5-4-6-9-18)30-13-7-12-25-23(27)15-20-16-31-24(26-20)19-10-11-21(28-2)22(14-19)29-3/h4-6,8-11,14,16-17H,7,12-13,15H2,1-3H3,(H,25,27). The molecule has 7 heteroatoms. The van der Waals surface area contributed by atoms with E-state index in [9.17, 15) is 4.79 Å². The molecule has 3 aromatic rings. The van der Waals surface area contributed by atoms with Crippen LogP contribution in [0.5, 0.6) is 11.5 Å². The summed E-state index contributed by atoms with van der Waals surface area (Å²) in [5, 5.41) is 5.69. The summed E-state index contributed by atoms with van der Waals surface area (Å²) >= 11 is 1.50. The highest BCUT2D eigenvalue weighted by molar-refractivity contribution is 7.13. The maximum absolute atomic E-state index is 12.2. The highest BCUT2D eigenvalue weighted by atomic mass is 32.1. The second kappa shape index (κ2) is 11.5. The molecule has 0 aliphatic carbocycles. The van der Waals surface area contributed by atoms with E-state index >= 15 is 0 Å². The van der Waals surface area contributed by atoms with Crippen molar-refractivity contribution in [1.82, 2.24) is 10.3 Å². The smallest absolute Gasteiger partial charge is 0.226 e. The van der Waals surface area contributed by atoms with Crippen molar-refractivity contribution >= 4 is 17.2 Å². The zero-order chi connectivity index (χ0) is 22.1. The van der Waals surface area contributed by atoms with Crippen LogP contribution in [0.4, 0.5) is 0 Å². The fraction of sp³-hybridized carbons (Fsp3) is 0.333. The molecule has 1 N–H and O–H groups in total. The lowest BCUT2D eigenvalue weighted by Crippen LogP contribution is -2.27. The monoisotopic (exact) mass is 440 g/mol. The summed E-state index contributed by atoms with van der Waals surface area (Å²) < 4.78 is 16.5. The average molecular weight is 441 g/mol. The first-order valence-corrected chi connectivity index (χ1v) is 11.1. The van der Waals surface area contributed by atoms with Crippen molar-refractivity contribution in [3.05, 3.63) is 65.2 Å². The summed E-state index contributed by atoms with van der Waals surface area (Å²) in [4.78, 5) is 16.8. The Labute approximate surface area is 187 Å². The number of benzene rings is 2. The fourth-order valence-electron chi connectivity index (χ4n) is 3.10. The lowest BCUT2D eigenvalue weighted by Gasteiger charge is -2.13. The maximum Gasteiger partial charge on any atom is 0.226 e. The third kappa shape index (κ3) is 6.54. The van der Waals surface area contributed by atoms with Gasteiger partial charge in [-0.05, 0) is 37.1 Å². The number of hydrogen-bond acceptors (Lipinski definition) is 6. The summed E-state index contributed by atoms with van der Waals surface area (Å²) in [5.41, 5.74) is 2.83. The summed E-state index contributed by atoms with van der Waals surface area (Å²) in [7, 11) is 3.21. The van der Waals surface area contributed by atoms with Crippen LogP contribution in [0.2, 0.25) is 0 Å². The van der Waals surface area contributed by atoms with Crippen molar-refractivity contribution < 1.29 is 19.0 Å². The van der Waals surface area contributed by atoms with E-state index in [4.69, 9.17) is 14.2 Å². The number of ether oxygens (including phenoxy) is 3. The number of nitrogens with one attached hydrogen (secondary N) is 1. The largest absolute Gasteiger partial charge is 0.493 e. The molecule has 1 atom stereocenters. The van der Waals surface area contributed by atoms with Crippen LogP contribution in [0.15, 0.2) is 53.9 Å². The van der Waals surface area contributed by atoms with Gasteiger partial charge >= 0.3 is 0 Å². The predicted octanol–water partition coefficient (Wildman–Crippen LogP) is 4.65. The van der Waals surface area contributed by atoms with Crippen LogP contribution in [0, 0.1) is 0 Å². The third-order valence-electron chi connectivity index (χ3n) is 4.80. The Morgan fingerprint density at radius 1 is 1.10 bits per heavy atom. The first-order chi connectivity index (χ1) is 15.1. The quantitative estimate of drug-likeness (QED) is 0.440. The Morgan fingerprint density at radius 3 is 2.61 bits per heavy atom. The number of amides is 1. The average Bonchev–Trinajstić information content (AvgIpc) is 3.27. The van der Waals surface area contributed by atoms with Gasteiger partial charge in [-0.2, -0.15) is 0 Å². The van der Waals surface area contributed by atoms with Gasteiger partial charge in [-0.25, -0.2) is 4.98 Å². The molecule has 0 spiro atoms. The first kappa shape index (κ1) is 22.8. The third-order valence-corrected chi connectivity index (χ3v) is 5.74. The van der Waals surface area contributed by atoms with E-state index in [0.29, 0.717) is 24.7 Å². The molecule has 0 saturated heterocycles. The highest BCUT2D eigenvalue weighted by Crippen LogP contribution is 2.33. The number of rotatable bonds is 11. The minimum Gasteiger partial charge on any atom is -0.493 e. The number of carbonyl (C=O) groups excluding carboxylic acids is 1. The van der Waals surface area contributed by atoms with E-state index in [0.717, 1.165) is 28.2 Å². The Balaban J connectivity index is 1.42. The molecule has 1 amide bonds. The van der Waals surface area contributed by atoms with Gasteiger partial charge in [-0.15, -0.1) is 11.3 Å². The number of methoxy groups -OCH3 is 2. The molecule has 0 aliphatic heterocycles. The van der Waals surface area contributed by atoms with Gasteiger partial charge in [0, 0.05) is 24.1 Å². The van der Waals surface area contributed by atoms with Gasteiger partial charge < -0.3 is 19.5 Å². The molecule has 1 aromatic heterocycles. The molecule has 0 bridgehead atoms. The Morgan fingerprint density at radius 2 is 1.87 bits per heavy atom. The molecule has 6 nitrogen and oxygen atoms in total. The molecule has 1 heterocycles. The fourth-order valence-corrected chi connectivity index (χ4v) is 3.91. The molecule has 164 valence electrons. The van der Waals surface area contributed by atoms with Gasteiger partial charge in [0.2, 0.25) is 5.91 Å². The lowest BCUT2D eigenvalue weighted by atomic mass is 10.1.